The average molecular weight is 358 g/mol. The summed E-state index contributed by atoms with van der Waals surface area (Å²) in [5, 5.41) is 2.03. The van der Waals surface area contributed by atoms with E-state index in [-0.39, 0.29) is 11.8 Å². The molecule has 1 aliphatic rings. The zero-order chi connectivity index (χ0) is 17.6. The number of amides is 2. The topological polar surface area (TPSA) is 45.1 Å². The summed E-state index contributed by atoms with van der Waals surface area (Å²) in [5.74, 6) is 0.243. The number of nitrogens with zero attached hydrogens (tertiary/aromatic N) is 2. The molecule has 0 aliphatic carbocycles. The Balaban J connectivity index is 1.46. The molecule has 0 spiro atoms. The van der Waals surface area contributed by atoms with E-state index in [2.05, 4.69) is 6.07 Å². The minimum absolute atomic E-state index is 0.0841. The second-order valence-electron chi connectivity index (χ2n) is 6.41. The van der Waals surface area contributed by atoms with Gasteiger partial charge in [-0.05, 0) is 23.6 Å². The fourth-order valence-corrected chi connectivity index (χ4v) is 3.80. The van der Waals surface area contributed by atoms with Crippen molar-refractivity contribution in [3.05, 3.63) is 58.3 Å². The molecule has 1 aromatic carbocycles. The van der Waals surface area contributed by atoms with Crippen molar-refractivity contribution in [1.82, 2.24) is 9.80 Å². The smallest absolute Gasteiger partial charge is 0.277 e. The van der Waals surface area contributed by atoms with Crippen LogP contribution in [0.2, 0.25) is 0 Å². The number of hydrogen-bond acceptors (Lipinski definition) is 3. The van der Waals surface area contributed by atoms with Gasteiger partial charge in [-0.15, -0.1) is 11.3 Å². The molecule has 1 N–H and O–H groups in total. The highest BCUT2D eigenvalue weighted by Crippen LogP contribution is 2.10. The third-order valence-corrected chi connectivity index (χ3v) is 5.44. The van der Waals surface area contributed by atoms with Gasteiger partial charge in [0.1, 0.15) is 0 Å². The Morgan fingerprint density at radius 2 is 1.84 bits per heavy atom. The van der Waals surface area contributed by atoms with Crippen molar-refractivity contribution in [3.63, 3.8) is 0 Å². The maximum Gasteiger partial charge on any atom is 0.277 e. The predicted molar refractivity (Wildman–Crippen MR) is 98.7 cm³/mol. The number of rotatable bonds is 5. The summed E-state index contributed by atoms with van der Waals surface area (Å²) in [4.78, 5) is 31.0. The van der Waals surface area contributed by atoms with Crippen molar-refractivity contribution in [2.24, 2.45) is 0 Å². The molecule has 6 heteroatoms. The van der Waals surface area contributed by atoms with Crippen molar-refractivity contribution in [2.75, 3.05) is 39.8 Å². The molecule has 2 heterocycles. The summed E-state index contributed by atoms with van der Waals surface area (Å²) in [6.45, 7) is 4.20. The molecule has 2 aromatic rings. The summed E-state index contributed by atoms with van der Waals surface area (Å²) in [6, 6.07) is 13.4. The van der Waals surface area contributed by atoms with Crippen LogP contribution >= 0.6 is 11.3 Å². The Morgan fingerprint density at radius 3 is 2.48 bits per heavy atom. The molecule has 0 atom stereocenters. The van der Waals surface area contributed by atoms with E-state index in [1.807, 2.05) is 53.7 Å². The lowest BCUT2D eigenvalue weighted by molar-refractivity contribution is -0.896. The van der Waals surface area contributed by atoms with Gasteiger partial charge in [-0.3, -0.25) is 9.59 Å². The first-order chi connectivity index (χ1) is 12.1. The zero-order valence-electron chi connectivity index (χ0n) is 14.5. The SMILES string of the molecule is CN(Cc1cccs1)C(=O)C[NH+]1CCN(C(=O)c2ccccc2)CC1. The molecule has 1 saturated heterocycles. The van der Waals surface area contributed by atoms with E-state index < -0.39 is 0 Å². The van der Waals surface area contributed by atoms with Gasteiger partial charge < -0.3 is 14.7 Å². The normalized spacial score (nSPS) is 15.2. The molecule has 0 unspecified atom stereocenters. The lowest BCUT2D eigenvalue weighted by Gasteiger charge is -2.32. The molecule has 0 saturated carbocycles. The van der Waals surface area contributed by atoms with Crippen LogP contribution in [0.3, 0.4) is 0 Å². The molecule has 3 rings (SSSR count). The van der Waals surface area contributed by atoms with Gasteiger partial charge in [0.15, 0.2) is 6.54 Å². The third kappa shape index (κ3) is 4.67. The van der Waals surface area contributed by atoms with Gasteiger partial charge in [-0.2, -0.15) is 0 Å². The molecule has 1 aromatic heterocycles. The van der Waals surface area contributed by atoms with Crippen LogP contribution in [0.1, 0.15) is 15.2 Å². The van der Waals surface area contributed by atoms with Gasteiger partial charge in [-0.1, -0.05) is 24.3 Å². The highest BCUT2D eigenvalue weighted by molar-refractivity contribution is 7.09. The van der Waals surface area contributed by atoms with Crippen LogP contribution in [-0.4, -0.2) is 61.4 Å². The maximum atomic E-state index is 12.5. The molecule has 5 nitrogen and oxygen atoms in total. The molecule has 1 fully saturated rings. The van der Waals surface area contributed by atoms with Crippen LogP contribution in [-0.2, 0) is 11.3 Å². The van der Waals surface area contributed by atoms with Crippen molar-refractivity contribution < 1.29 is 14.5 Å². The summed E-state index contributed by atoms with van der Waals surface area (Å²) < 4.78 is 0. The Kier molecular flexibility index (Phi) is 5.83. The van der Waals surface area contributed by atoms with Crippen molar-refractivity contribution in [3.8, 4) is 0 Å². The number of piperazine rings is 1. The first-order valence-corrected chi connectivity index (χ1v) is 9.45. The van der Waals surface area contributed by atoms with E-state index in [4.69, 9.17) is 0 Å². The Hall–Kier alpha value is -2.18. The van der Waals surface area contributed by atoms with Crippen LogP contribution in [0.25, 0.3) is 0 Å². The number of carbonyl (C=O) groups is 2. The number of thiophene rings is 1. The first-order valence-electron chi connectivity index (χ1n) is 8.57. The second kappa shape index (κ2) is 8.27. The Morgan fingerprint density at radius 1 is 1.12 bits per heavy atom. The molecule has 132 valence electrons. The second-order valence-corrected chi connectivity index (χ2v) is 7.45. The van der Waals surface area contributed by atoms with E-state index in [9.17, 15) is 9.59 Å². The van der Waals surface area contributed by atoms with Crippen LogP contribution in [0.5, 0.6) is 0 Å². The number of nitrogens with one attached hydrogen (secondary N) is 1. The number of benzene rings is 1. The fourth-order valence-electron chi connectivity index (χ4n) is 3.04. The van der Waals surface area contributed by atoms with E-state index in [1.165, 1.54) is 9.78 Å². The quantitative estimate of drug-likeness (QED) is 0.857. The summed E-state index contributed by atoms with van der Waals surface area (Å²) >= 11 is 1.67. The van der Waals surface area contributed by atoms with Gasteiger partial charge in [0.2, 0.25) is 0 Å². The fraction of sp³-hybridized carbons (Fsp3) is 0.368. The Labute approximate surface area is 152 Å². The monoisotopic (exact) mass is 358 g/mol. The Bertz CT molecular complexity index is 695. The van der Waals surface area contributed by atoms with Gasteiger partial charge in [-0.25, -0.2) is 0 Å². The highest BCUT2D eigenvalue weighted by atomic mass is 32.1. The molecule has 2 amide bonds. The third-order valence-electron chi connectivity index (χ3n) is 4.58. The zero-order valence-corrected chi connectivity index (χ0v) is 15.3. The lowest BCUT2D eigenvalue weighted by Crippen LogP contribution is -3.15. The van der Waals surface area contributed by atoms with Gasteiger partial charge >= 0.3 is 0 Å². The van der Waals surface area contributed by atoms with Gasteiger partial charge in [0, 0.05) is 17.5 Å². The molecule has 0 radical (unpaired) electrons. The number of quaternary nitrogens is 1. The van der Waals surface area contributed by atoms with E-state index in [0.717, 1.165) is 18.7 Å². The van der Waals surface area contributed by atoms with Crippen molar-refractivity contribution in [2.45, 2.75) is 6.54 Å². The van der Waals surface area contributed by atoms with Crippen LogP contribution in [0.15, 0.2) is 47.8 Å². The van der Waals surface area contributed by atoms with Gasteiger partial charge in [0.05, 0.1) is 32.7 Å². The summed E-state index contributed by atoms with van der Waals surface area (Å²) in [7, 11) is 1.86. The lowest BCUT2D eigenvalue weighted by atomic mass is 10.2. The first kappa shape index (κ1) is 17.6. The van der Waals surface area contributed by atoms with E-state index in [1.54, 1.807) is 16.2 Å². The van der Waals surface area contributed by atoms with Crippen LogP contribution in [0, 0.1) is 0 Å². The summed E-state index contributed by atoms with van der Waals surface area (Å²) in [5.41, 5.74) is 0.734. The molecular weight excluding hydrogens is 334 g/mol. The number of hydrogen-bond donors (Lipinski definition) is 1. The van der Waals surface area contributed by atoms with Gasteiger partial charge in [0.25, 0.3) is 11.8 Å². The standard InChI is InChI=1S/C19H23N3O2S/c1-20(14-17-8-5-13-25-17)18(23)15-21-9-11-22(12-10-21)19(24)16-6-3-2-4-7-16/h2-8,13H,9-12,14-15H2,1H3/p+1. The van der Waals surface area contributed by atoms with Crippen molar-refractivity contribution in [1.29, 1.82) is 0 Å². The molecule has 25 heavy (non-hydrogen) atoms. The van der Waals surface area contributed by atoms with E-state index in [0.29, 0.717) is 26.2 Å². The minimum Gasteiger partial charge on any atom is -0.336 e. The maximum absolute atomic E-state index is 12.5. The van der Waals surface area contributed by atoms with E-state index >= 15 is 0 Å². The molecular formula is C19H24N3O2S+. The number of likely N-dealkylation sites (N-methyl/N-ethyl adjacent to an activating group) is 1. The van der Waals surface area contributed by atoms with Crippen molar-refractivity contribution >= 4 is 23.2 Å². The largest absolute Gasteiger partial charge is 0.336 e. The number of carbonyl (C=O) groups excluding carboxylic acids is 2. The predicted octanol–water partition coefficient (Wildman–Crippen LogP) is 0.747. The average Bonchev–Trinajstić information content (AvgIpc) is 3.15. The molecule has 0 bridgehead atoms. The van der Waals surface area contributed by atoms with Crippen LogP contribution < -0.4 is 4.90 Å². The summed E-state index contributed by atoms with van der Waals surface area (Å²) in [6.07, 6.45) is 0. The highest BCUT2D eigenvalue weighted by Gasteiger charge is 2.26. The molecule has 1 aliphatic heterocycles. The minimum atomic E-state index is 0.0841. The van der Waals surface area contributed by atoms with Crippen LogP contribution in [0.4, 0.5) is 0 Å².